The van der Waals surface area contributed by atoms with Crippen molar-refractivity contribution in [2.75, 3.05) is 17.7 Å². The van der Waals surface area contributed by atoms with Crippen LogP contribution in [-0.4, -0.2) is 28.7 Å². The first kappa shape index (κ1) is 15.4. The van der Waals surface area contributed by atoms with E-state index in [4.69, 9.17) is 5.26 Å². The summed E-state index contributed by atoms with van der Waals surface area (Å²) in [6.45, 7) is 0. The number of hydrogen-bond donors (Lipinski definition) is 1. The molecule has 0 fully saturated rings. The fourth-order valence-corrected chi connectivity index (χ4v) is 2.81. The zero-order valence-electron chi connectivity index (χ0n) is 11.1. The van der Waals surface area contributed by atoms with Gasteiger partial charge in [0.1, 0.15) is 21.9 Å². The lowest BCUT2D eigenvalue weighted by Gasteiger charge is -2.14. The maximum Gasteiger partial charge on any atom is 0.228 e. The highest BCUT2D eigenvalue weighted by Crippen LogP contribution is 2.34. The summed E-state index contributed by atoms with van der Waals surface area (Å²) in [5.41, 5.74) is 0.604. The van der Waals surface area contributed by atoms with E-state index in [1.165, 1.54) is 17.2 Å². The van der Waals surface area contributed by atoms with Gasteiger partial charge < -0.3 is 4.90 Å². The molecule has 2 heterocycles. The van der Waals surface area contributed by atoms with Crippen LogP contribution in [0.1, 0.15) is 12.1 Å². The molecule has 0 unspecified atom stereocenters. The highest BCUT2D eigenvalue weighted by atomic mass is 32.1. The molecular weight excluding hydrogens is 311 g/mol. The van der Waals surface area contributed by atoms with Crippen LogP contribution in [-0.2, 0) is 4.79 Å². The molecule has 1 amide bonds. The highest BCUT2D eigenvalue weighted by Gasteiger charge is 2.20. The van der Waals surface area contributed by atoms with Crippen molar-refractivity contribution >= 4 is 34.9 Å². The van der Waals surface area contributed by atoms with Crippen molar-refractivity contribution in [2.24, 2.45) is 0 Å². The number of hydrogen-bond acceptors (Lipinski definition) is 6. The fourth-order valence-electron chi connectivity index (χ4n) is 1.64. The molecule has 108 valence electrons. The lowest BCUT2D eigenvalue weighted by molar-refractivity contribution is -0.117. The van der Waals surface area contributed by atoms with Gasteiger partial charge in [-0.15, -0.1) is 0 Å². The number of nitrogens with zero attached hydrogens (tertiary/aromatic N) is 4. The van der Waals surface area contributed by atoms with E-state index in [0.29, 0.717) is 21.3 Å². The molecule has 0 spiro atoms. The second-order valence-corrected chi connectivity index (χ2v) is 5.53. The summed E-state index contributed by atoms with van der Waals surface area (Å²) in [5, 5.41) is 10.0. The van der Waals surface area contributed by atoms with Crippen molar-refractivity contribution in [3.63, 3.8) is 0 Å². The topological polar surface area (TPSA) is 69.9 Å². The van der Waals surface area contributed by atoms with Crippen LogP contribution in [0.4, 0.5) is 9.39 Å². The second-order valence-electron chi connectivity index (χ2n) is 4.10. The minimum atomic E-state index is -0.484. The quantitative estimate of drug-likeness (QED) is 0.878. The summed E-state index contributed by atoms with van der Waals surface area (Å²) in [6, 6.07) is 3.23. The van der Waals surface area contributed by atoms with Crippen molar-refractivity contribution in [3.8, 4) is 16.6 Å². The molecule has 0 bridgehead atoms. The van der Waals surface area contributed by atoms with Gasteiger partial charge in [-0.05, 0) is 11.8 Å². The maximum absolute atomic E-state index is 13.2. The fraction of sp³-hybridized carbons (Fsp3) is 0.231. The number of anilines is 1. The molecule has 0 saturated heterocycles. The summed E-state index contributed by atoms with van der Waals surface area (Å²) in [5.74, 6) is -0.221. The molecule has 0 aliphatic carbocycles. The van der Waals surface area contributed by atoms with Gasteiger partial charge in [0.05, 0.1) is 6.20 Å². The summed E-state index contributed by atoms with van der Waals surface area (Å²) in [6.07, 6.45) is 2.81. The second kappa shape index (κ2) is 6.65. The van der Waals surface area contributed by atoms with Crippen LogP contribution in [0.15, 0.2) is 18.5 Å². The van der Waals surface area contributed by atoms with Crippen LogP contribution >= 0.6 is 24.0 Å². The van der Waals surface area contributed by atoms with Gasteiger partial charge in [-0.3, -0.25) is 9.78 Å². The standard InChI is InChI=1S/C13H11FN4OS2/c1-18(11(19)2-3-20)13-10(5-15)17-12(21-13)8-4-9(14)7-16-6-8/h4,6-7,20H,2-3H2,1H3. The van der Waals surface area contributed by atoms with Crippen LogP contribution in [0.2, 0.25) is 0 Å². The van der Waals surface area contributed by atoms with Gasteiger partial charge in [0.2, 0.25) is 5.91 Å². The first-order valence-corrected chi connectivity index (χ1v) is 7.41. The van der Waals surface area contributed by atoms with E-state index in [-0.39, 0.29) is 18.0 Å². The SMILES string of the molecule is CN(C(=O)CCS)c1sc(-c2cncc(F)c2)nc1C#N. The molecule has 0 atom stereocenters. The summed E-state index contributed by atoms with van der Waals surface area (Å²) in [7, 11) is 1.58. The van der Waals surface area contributed by atoms with E-state index in [1.54, 1.807) is 7.05 Å². The van der Waals surface area contributed by atoms with E-state index in [9.17, 15) is 9.18 Å². The van der Waals surface area contributed by atoms with Crippen molar-refractivity contribution in [2.45, 2.75) is 6.42 Å². The molecule has 21 heavy (non-hydrogen) atoms. The Morgan fingerprint density at radius 2 is 2.33 bits per heavy atom. The van der Waals surface area contributed by atoms with E-state index in [1.807, 2.05) is 6.07 Å². The summed E-state index contributed by atoms with van der Waals surface area (Å²) in [4.78, 5) is 21.2. The number of thiol groups is 1. The lowest BCUT2D eigenvalue weighted by Crippen LogP contribution is -2.26. The lowest BCUT2D eigenvalue weighted by atomic mass is 10.3. The Morgan fingerprint density at radius 1 is 1.57 bits per heavy atom. The molecule has 0 aliphatic rings. The monoisotopic (exact) mass is 322 g/mol. The van der Waals surface area contributed by atoms with Gasteiger partial charge in [-0.25, -0.2) is 9.37 Å². The third-order valence-corrected chi connectivity index (χ3v) is 4.08. The number of thiazole rings is 1. The summed E-state index contributed by atoms with van der Waals surface area (Å²) < 4.78 is 13.2. The number of carbonyl (C=O) groups excluding carboxylic acids is 1. The molecule has 0 radical (unpaired) electrons. The molecule has 5 nitrogen and oxygen atoms in total. The normalized spacial score (nSPS) is 10.2. The number of amides is 1. The van der Waals surface area contributed by atoms with E-state index in [0.717, 1.165) is 17.5 Å². The molecule has 2 aromatic heterocycles. The predicted molar refractivity (Wildman–Crippen MR) is 81.9 cm³/mol. The van der Waals surface area contributed by atoms with Gasteiger partial charge in [-0.2, -0.15) is 17.9 Å². The molecule has 0 saturated carbocycles. The van der Waals surface area contributed by atoms with E-state index in [2.05, 4.69) is 22.6 Å². The average molecular weight is 322 g/mol. The van der Waals surface area contributed by atoms with Crippen LogP contribution in [0.3, 0.4) is 0 Å². The molecule has 2 rings (SSSR count). The summed E-state index contributed by atoms with van der Waals surface area (Å²) >= 11 is 5.16. The Kier molecular flexibility index (Phi) is 4.88. The predicted octanol–water partition coefficient (Wildman–Crippen LogP) is 2.50. The van der Waals surface area contributed by atoms with Crippen LogP contribution in [0.5, 0.6) is 0 Å². The molecule has 2 aromatic rings. The number of aromatic nitrogens is 2. The minimum absolute atomic E-state index is 0.134. The van der Waals surface area contributed by atoms with Crippen LogP contribution in [0, 0.1) is 17.1 Å². The number of rotatable bonds is 4. The Labute approximate surface area is 130 Å². The average Bonchev–Trinajstić information content (AvgIpc) is 2.91. The van der Waals surface area contributed by atoms with Gasteiger partial charge >= 0.3 is 0 Å². The third kappa shape index (κ3) is 3.37. The van der Waals surface area contributed by atoms with Gasteiger partial charge in [0, 0.05) is 25.2 Å². The van der Waals surface area contributed by atoms with Crippen molar-refractivity contribution in [3.05, 3.63) is 30.0 Å². The largest absolute Gasteiger partial charge is 0.304 e. The first-order valence-electron chi connectivity index (χ1n) is 5.96. The van der Waals surface area contributed by atoms with Crippen molar-refractivity contribution in [1.29, 1.82) is 5.26 Å². The number of carbonyl (C=O) groups is 1. The third-order valence-electron chi connectivity index (χ3n) is 2.67. The molecule has 0 aliphatic heterocycles. The Balaban J connectivity index is 2.41. The van der Waals surface area contributed by atoms with Gasteiger partial charge in [0.15, 0.2) is 5.69 Å². The first-order chi connectivity index (χ1) is 10.1. The number of halogens is 1. The Hall–Kier alpha value is -1.98. The zero-order chi connectivity index (χ0) is 15.4. The maximum atomic E-state index is 13.2. The molecule has 0 N–H and O–H groups in total. The van der Waals surface area contributed by atoms with Crippen molar-refractivity contribution in [1.82, 2.24) is 9.97 Å². The Morgan fingerprint density at radius 3 is 2.95 bits per heavy atom. The molecule has 8 heteroatoms. The van der Waals surface area contributed by atoms with Crippen molar-refractivity contribution < 1.29 is 9.18 Å². The molecular formula is C13H11FN4OS2. The smallest absolute Gasteiger partial charge is 0.228 e. The van der Waals surface area contributed by atoms with Gasteiger partial charge in [0.25, 0.3) is 0 Å². The van der Waals surface area contributed by atoms with E-state index >= 15 is 0 Å². The molecule has 0 aromatic carbocycles. The van der Waals surface area contributed by atoms with Gasteiger partial charge in [-0.1, -0.05) is 11.3 Å². The zero-order valence-corrected chi connectivity index (χ0v) is 12.8. The van der Waals surface area contributed by atoms with Crippen LogP contribution < -0.4 is 4.90 Å². The highest BCUT2D eigenvalue weighted by molar-refractivity contribution is 7.80. The van der Waals surface area contributed by atoms with E-state index < -0.39 is 5.82 Å². The Bertz CT molecular complexity index is 710. The number of pyridine rings is 1. The van der Waals surface area contributed by atoms with Crippen LogP contribution in [0.25, 0.3) is 10.6 Å². The number of nitriles is 1. The minimum Gasteiger partial charge on any atom is -0.304 e.